The van der Waals surface area contributed by atoms with E-state index in [2.05, 4.69) is 31.3 Å². The Morgan fingerprint density at radius 3 is 2.38 bits per heavy atom. The molecule has 0 aliphatic rings. The molecular weight excluding hydrogens is 180 g/mol. The van der Waals surface area contributed by atoms with Crippen molar-refractivity contribution in [1.29, 1.82) is 0 Å². The smallest absolute Gasteiger partial charge is 0.0921 e. The number of nitrogens with two attached hydrogens (primary N) is 1. The second-order valence-electron chi connectivity index (χ2n) is 3.09. The zero-order valence-corrected chi connectivity index (χ0v) is 8.74. The summed E-state index contributed by atoms with van der Waals surface area (Å²) < 4.78 is 0. The highest BCUT2D eigenvalue weighted by molar-refractivity contribution is 7.80. The molecule has 2 nitrogen and oxygen atoms in total. The van der Waals surface area contributed by atoms with Crippen molar-refractivity contribution in [3.63, 3.8) is 0 Å². The third-order valence-corrected chi connectivity index (χ3v) is 2.06. The monoisotopic (exact) mass is 194 g/mol. The summed E-state index contributed by atoms with van der Waals surface area (Å²) in [5.41, 5.74) is 8.98. The van der Waals surface area contributed by atoms with Crippen molar-refractivity contribution in [2.24, 2.45) is 5.73 Å². The number of benzene rings is 1. The molecule has 0 bridgehead atoms. The van der Waals surface area contributed by atoms with E-state index in [0.717, 1.165) is 5.69 Å². The van der Waals surface area contributed by atoms with Crippen molar-refractivity contribution in [3.05, 3.63) is 29.3 Å². The van der Waals surface area contributed by atoms with Crippen molar-refractivity contribution in [2.75, 3.05) is 11.9 Å². The van der Waals surface area contributed by atoms with Gasteiger partial charge < -0.3 is 11.1 Å². The van der Waals surface area contributed by atoms with E-state index in [1.54, 1.807) is 0 Å². The van der Waals surface area contributed by atoms with Gasteiger partial charge in [-0.2, -0.15) is 0 Å². The van der Waals surface area contributed by atoms with Gasteiger partial charge >= 0.3 is 0 Å². The number of hydrogen-bond donors (Lipinski definition) is 2. The number of rotatable bonds is 3. The second-order valence-corrected chi connectivity index (χ2v) is 3.61. The van der Waals surface area contributed by atoms with Crippen LogP contribution in [-0.2, 0) is 0 Å². The lowest BCUT2D eigenvalue weighted by Crippen LogP contribution is -2.20. The molecule has 0 atom stereocenters. The zero-order valence-electron chi connectivity index (χ0n) is 7.92. The Morgan fingerprint density at radius 1 is 1.38 bits per heavy atom. The largest absolute Gasteiger partial charge is 0.392 e. The maximum Gasteiger partial charge on any atom is 0.0921 e. The van der Waals surface area contributed by atoms with Gasteiger partial charge in [-0.05, 0) is 25.0 Å². The number of aryl methyl sites for hydroxylation is 2. The van der Waals surface area contributed by atoms with Crippen LogP contribution >= 0.6 is 12.2 Å². The Kier molecular flexibility index (Phi) is 3.25. The number of para-hydroxylation sites is 1. The van der Waals surface area contributed by atoms with Gasteiger partial charge in [-0.15, -0.1) is 0 Å². The first-order chi connectivity index (χ1) is 6.11. The Bertz CT molecular complexity index is 300. The van der Waals surface area contributed by atoms with Crippen LogP contribution in [0.2, 0.25) is 0 Å². The summed E-state index contributed by atoms with van der Waals surface area (Å²) in [6, 6.07) is 6.17. The molecule has 0 heterocycles. The Balaban J connectivity index is 2.81. The molecule has 0 aromatic heterocycles. The molecule has 0 amide bonds. The highest BCUT2D eigenvalue weighted by Crippen LogP contribution is 2.18. The molecule has 3 heteroatoms. The number of anilines is 1. The van der Waals surface area contributed by atoms with Gasteiger partial charge in [0.15, 0.2) is 0 Å². The molecule has 0 aliphatic carbocycles. The average molecular weight is 194 g/mol. The van der Waals surface area contributed by atoms with Crippen LogP contribution in [-0.4, -0.2) is 11.5 Å². The first-order valence-corrected chi connectivity index (χ1v) is 4.60. The van der Waals surface area contributed by atoms with E-state index in [0.29, 0.717) is 11.5 Å². The first-order valence-electron chi connectivity index (χ1n) is 4.19. The SMILES string of the molecule is Cc1cccc(C)c1NCC(N)=S. The first kappa shape index (κ1) is 9.99. The lowest BCUT2D eigenvalue weighted by molar-refractivity contribution is 1.29. The molecule has 0 saturated heterocycles. The van der Waals surface area contributed by atoms with Crippen molar-refractivity contribution in [3.8, 4) is 0 Å². The lowest BCUT2D eigenvalue weighted by Gasteiger charge is -2.11. The number of nitrogens with one attached hydrogen (secondary N) is 1. The highest BCUT2D eigenvalue weighted by Gasteiger charge is 2.00. The van der Waals surface area contributed by atoms with E-state index in [1.165, 1.54) is 11.1 Å². The Morgan fingerprint density at radius 2 is 1.92 bits per heavy atom. The van der Waals surface area contributed by atoms with Crippen molar-refractivity contribution in [2.45, 2.75) is 13.8 Å². The van der Waals surface area contributed by atoms with Crippen LogP contribution in [0.3, 0.4) is 0 Å². The molecule has 0 radical (unpaired) electrons. The fraction of sp³-hybridized carbons (Fsp3) is 0.300. The van der Waals surface area contributed by atoms with Crippen LogP contribution in [0.5, 0.6) is 0 Å². The van der Waals surface area contributed by atoms with Gasteiger partial charge in [0.2, 0.25) is 0 Å². The average Bonchev–Trinajstić information content (AvgIpc) is 2.03. The normalized spacial score (nSPS) is 9.69. The van der Waals surface area contributed by atoms with Crippen molar-refractivity contribution in [1.82, 2.24) is 0 Å². The Hall–Kier alpha value is -1.09. The molecule has 0 spiro atoms. The Labute approximate surface area is 84.1 Å². The van der Waals surface area contributed by atoms with Crippen molar-refractivity contribution < 1.29 is 0 Å². The molecule has 1 aromatic carbocycles. The molecular formula is C10H14N2S. The van der Waals surface area contributed by atoms with Gasteiger partial charge in [-0.3, -0.25) is 0 Å². The summed E-state index contributed by atoms with van der Waals surface area (Å²) in [6.45, 7) is 4.69. The predicted molar refractivity (Wildman–Crippen MR) is 61.2 cm³/mol. The van der Waals surface area contributed by atoms with Gasteiger partial charge in [0.1, 0.15) is 0 Å². The summed E-state index contributed by atoms with van der Waals surface area (Å²) >= 11 is 4.80. The molecule has 0 unspecified atom stereocenters. The third kappa shape index (κ3) is 2.70. The molecule has 3 N–H and O–H groups in total. The van der Waals surface area contributed by atoms with Crippen LogP contribution in [0.4, 0.5) is 5.69 Å². The molecule has 0 saturated carbocycles. The van der Waals surface area contributed by atoms with Crippen LogP contribution in [0.25, 0.3) is 0 Å². The van der Waals surface area contributed by atoms with E-state index in [1.807, 2.05) is 6.07 Å². The fourth-order valence-corrected chi connectivity index (χ4v) is 1.34. The highest BCUT2D eigenvalue weighted by atomic mass is 32.1. The minimum Gasteiger partial charge on any atom is -0.392 e. The van der Waals surface area contributed by atoms with E-state index in [4.69, 9.17) is 18.0 Å². The van der Waals surface area contributed by atoms with Crippen molar-refractivity contribution >= 4 is 22.9 Å². The van der Waals surface area contributed by atoms with Crippen LogP contribution < -0.4 is 11.1 Å². The molecule has 70 valence electrons. The molecule has 13 heavy (non-hydrogen) atoms. The third-order valence-electron chi connectivity index (χ3n) is 1.92. The lowest BCUT2D eigenvalue weighted by atomic mass is 10.1. The van der Waals surface area contributed by atoms with Crippen LogP contribution in [0.15, 0.2) is 18.2 Å². The number of thiocarbonyl (C=S) groups is 1. The zero-order chi connectivity index (χ0) is 9.84. The van der Waals surface area contributed by atoms with Gasteiger partial charge in [0, 0.05) is 5.69 Å². The molecule has 1 rings (SSSR count). The van der Waals surface area contributed by atoms with Gasteiger partial charge in [-0.1, -0.05) is 30.4 Å². The maximum absolute atomic E-state index is 5.41. The topological polar surface area (TPSA) is 38.0 Å². The van der Waals surface area contributed by atoms with E-state index in [9.17, 15) is 0 Å². The summed E-state index contributed by atoms with van der Waals surface area (Å²) in [4.78, 5) is 0.489. The minimum atomic E-state index is 0.489. The van der Waals surface area contributed by atoms with Crippen LogP contribution in [0.1, 0.15) is 11.1 Å². The second kappa shape index (κ2) is 4.23. The van der Waals surface area contributed by atoms with Gasteiger partial charge in [0.05, 0.1) is 11.5 Å². The minimum absolute atomic E-state index is 0.489. The van der Waals surface area contributed by atoms with Crippen LogP contribution in [0, 0.1) is 13.8 Å². The van der Waals surface area contributed by atoms with E-state index >= 15 is 0 Å². The van der Waals surface area contributed by atoms with E-state index in [-0.39, 0.29) is 0 Å². The standard InChI is InChI=1S/C10H14N2S/c1-7-4-3-5-8(2)10(7)12-6-9(11)13/h3-5,12H,6H2,1-2H3,(H2,11,13). The fourth-order valence-electron chi connectivity index (χ4n) is 1.27. The maximum atomic E-state index is 5.41. The number of hydrogen-bond acceptors (Lipinski definition) is 2. The molecule has 0 fully saturated rings. The van der Waals surface area contributed by atoms with E-state index < -0.39 is 0 Å². The summed E-state index contributed by atoms with van der Waals surface area (Å²) in [7, 11) is 0. The summed E-state index contributed by atoms with van der Waals surface area (Å²) in [5.74, 6) is 0. The van der Waals surface area contributed by atoms with Gasteiger partial charge in [0.25, 0.3) is 0 Å². The summed E-state index contributed by atoms with van der Waals surface area (Å²) in [5, 5.41) is 3.21. The quantitative estimate of drug-likeness (QED) is 0.723. The molecule has 0 aliphatic heterocycles. The predicted octanol–water partition coefficient (Wildman–Crippen LogP) is 2.00. The summed E-state index contributed by atoms with van der Waals surface area (Å²) in [6.07, 6.45) is 0. The molecule has 1 aromatic rings. The van der Waals surface area contributed by atoms with Gasteiger partial charge in [-0.25, -0.2) is 0 Å².